The molecule has 6 nitrogen and oxygen atoms in total. The van der Waals surface area contributed by atoms with Gasteiger partial charge in [-0.1, -0.05) is 12.8 Å². The number of aliphatic hydroxyl groups excluding tert-OH is 1. The van der Waals surface area contributed by atoms with E-state index in [0.29, 0.717) is 39.1 Å². The molecule has 1 saturated heterocycles. The first-order chi connectivity index (χ1) is 11.5. The summed E-state index contributed by atoms with van der Waals surface area (Å²) in [6.07, 6.45) is 5.73. The van der Waals surface area contributed by atoms with Crippen LogP contribution in [-0.2, 0) is 14.3 Å². The van der Waals surface area contributed by atoms with Crippen LogP contribution in [0.2, 0.25) is 0 Å². The molecule has 0 aromatic rings. The van der Waals surface area contributed by atoms with Crippen LogP contribution in [0.4, 0.5) is 0 Å². The SMILES string of the molecule is CCOCC(=O)N1CCC(C(=O)N(C)CC2(CO)CCCC2)CC1. The molecule has 6 heteroatoms. The Labute approximate surface area is 145 Å². The molecule has 2 rings (SSSR count). The number of carbonyl (C=O) groups is 2. The molecule has 1 aliphatic carbocycles. The number of hydrogen-bond donors (Lipinski definition) is 1. The van der Waals surface area contributed by atoms with Crippen molar-refractivity contribution in [2.45, 2.75) is 45.4 Å². The van der Waals surface area contributed by atoms with Crippen LogP contribution in [0.3, 0.4) is 0 Å². The monoisotopic (exact) mass is 340 g/mol. The number of likely N-dealkylation sites (tertiary alicyclic amines) is 1. The van der Waals surface area contributed by atoms with Gasteiger partial charge in [-0.15, -0.1) is 0 Å². The van der Waals surface area contributed by atoms with Crippen LogP contribution in [0.5, 0.6) is 0 Å². The minimum atomic E-state index is -0.0986. The maximum Gasteiger partial charge on any atom is 0.248 e. The fraction of sp³-hybridized carbons (Fsp3) is 0.889. The normalized spacial score (nSPS) is 21.0. The number of hydrogen-bond acceptors (Lipinski definition) is 4. The van der Waals surface area contributed by atoms with Crippen molar-refractivity contribution in [2.24, 2.45) is 11.3 Å². The Morgan fingerprint density at radius 3 is 2.42 bits per heavy atom. The van der Waals surface area contributed by atoms with Gasteiger partial charge in [0, 0.05) is 44.6 Å². The summed E-state index contributed by atoms with van der Waals surface area (Å²) in [5.74, 6) is 0.163. The number of aliphatic hydroxyl groups is 1. The molecule has 0 radical (unpaired) electrons. The maximum atomic E-state index is 12.7. The van der Waals surface area contributed by atoms with Gasteiger partial charge in [0.15, 0.2) is 0 Å². The molecule has 2 amide bonds. The summed E-state index contributed by atoms with van der Waals surface area (Å²) in [6.45, 7) is 4.60. The number of nitrogens with zero attached hydrogens (tertiary/aromatic N) is 2. The molecular formula is C18H32N2O4. The van der Waals surface area contributed by atoms with Crippen LogP contribution in [0.15, 0.2) is 0 Å². The highest BCUT2D eigenvalue weighted by Gasteiger charge is 2.37. The summed E-state index contributed by atoms with van der Waals surface area (Å²) < 4.78 is 5.17. The second kappa shape index (κ2) is 8.81. The molecule has 1 heterocycles. The quantitative estimate of drug-likeness (QED) is 0.758. The molecule has 0 bridgehead atoms. The lowest BCUT2D eigenvalue weighted by molar-refractivity contribution is -0.143. The van der Waals surface area contributed by atoms with E-state index < -0.39 is 0 Å². The zero-order valence-electron chi connectivity index (χ0n) is 15.1. The molecular weight excluding hydrogens is 308 g/mol. The number of piperidine rings is 1. The lowest BCUT2D eigenvalue weighted by atomic mass is 9.86. The molecule has 0 atom stereocenters. The molecule has 0 unspecified atom stereocenters. The van der Waals surface area contributed by atoms with Crippen molar-refractivity contribution < 1.29 is 19.4 Å². The Morgan fingerprint density at radius 2 is 1.88 bits per heavy atom. The van der Waals surface area contributed by atoms with Crippen molar-refractivity contribution in [1.29, 1.82) is 0 Å². The highest BCUT2D eigenvalue weighted by Crippen LogP contribution is 2.38. The molecule has 0 aromatic carbocycles. The Bertz CT molecular complexity index is 427. The van der Waals surface area contributed by atoms with Gasteiger partial charge in [-0.3, -0.25) is 9.59 Å². The van der Waals surface area contributed by atoms with Gasteiger partial charge in [0.05, 0.1) is 6.61 Å². The number of amides is 2. The van der Waals surface area contributed by atoms with Gasteiger partial charge in [-0.05, 0) is 32.6 Å². The van der Waals surface area contributed by atoms with Crippen molar-refractivity contribution in [2.75, 3.05) is 46.5 Å². The summed E-state index contributed by atoms with van der Waals surface area (Å²) in [4.78, 5) is 28.3. The minimum absolute atomic E-state index is 0.0108. The molecule has 138 valence electrons. The third-order valence-electron chi connectivity index (χ3n) is 5.57. The second-order valence-corrected chi connectivity index (χ2v) is 7.35. The van der Waals surface area contributed by atoms with Crippen LogP contribution in [0.1, 0.15) is 45.4 Å². The summed E-state index contributed by atoms with van der Waals surface area (Å²) in [5, 5.41) is 9.73. The first-order valence-electron chi connectivity index (χ1n) is 9.22. The molecule has 1 N–H and O–H groups in total. The van der Waals surface area contributed by atoms with Crippen LogP contribution in [-0.4, -0.2) is 73.2 Å². The summed E-state index contributed by atoms with van der Waals surface area (Å²) >= 11 is 0. The highest BCUT2D eigenvalue weighted by atomic mass is 16.5. The molecule has 24 heavy (non-hydrogen) atoms. The first-order valence-corrected chi connectivity index (χ1v) is 9.22. The maximum absolute atomic E-state index is 12.7. The Hall–Kier alpha value is -1.14. The minimum Gasteiger partial charge on any atom is -0.396 e. The van der Waals surface area contributed by atoms with Crippen LogP contribution in [0.25, 0.3) is 0 Å². The van der Waals surface area contributed by atoms with Gasteiger partial charge in [-0.25, -0.2) is 0 Å². The topological polar surface area (TPSA) is 70.1 Å². The average Bonchev–Trinajstić information content (AvgIpc) is 3.08. The van der Waals surface area contributed by atoms with Gasteiger partial charge in [0.25, 0.3) is 0 Å². The zero-order chi connectivity index (χ0) is 17.6. The summed E-state index contributed by atoms with van der Waals surface area (Å²) in [6, 6.07) is 0. The van der Waals surface area contributed by atoms with Gasteiger partial charge >= 0.3 is 0 Å². The van der Waals surface area contributed by atoms with E-state index in [0.717, 1.165) is 25.7 Å². The van der Waals surface area contributed by atoms with Gasteiger partial charge in [-0.2, -0.15) is 0 Å². The van der Waals surface area contributed by atoms with Crippen molar-refractivity contribution >= 4 is 11.8 Å². The predicted octanol–water partition coefficient (Wildman–Crippen LogP) is 1.27. The molecule has 0 spiro atoms. The van der Waals surface area contributed by atoms with Crippen molar-refractivity contribution in [3.63, 3.8) is 0 Å². The molecule has 2 aliphatic rings. The number of rotatable bonds is 7. The number of carbonyl (C=O) groups excluding carboxylic acids is 2. The Kier molecular flexibility index (Phi) is 7.04. The molecule has 0 aromatic heterocycles. The summed E-state index contributed by atoms with van der Waals surface area (Å²) in [7, 11) is 1.85. The van der Waals surface area contributed by atoms with E-state index in [2.05, 4.69) is 0 Å². The van der Waals surface area contributed by atoms with Gasteiger partial charge in [0.2, 0.25) is 11.8 Å². The fourth-order valence-electron chi connectivity index (χ4n) is 4.04. The van der Waals surface area contributed by atoms with Crippen LogP contribution < -0.4 is 0 Å². The third-order valence-corrected chi connectivity index (χ3v) is 5.57. The number of ether oxygens (including phenoxy) is 1. The third kappa shape index (κ3) is 4.70. The smallest absolute Gasteiger partial charge is 0.248 e. The standard InChI is InChI=1S/C18H32N2O4/c1-3-24-12-16(22)20-10-6-15(7-11-20)17(23)19(2)13-18(14-21)8-4-5-9-18/h15,21H,3-14H2,1-2H3. The Morgan fingerprint density at radius 1 is 1.25 bits per heavy atom. The van der Waals surface area contributed by atoms with E-state index in [1.165, 1.54) is 0 Å². The van der Waals surface area contributed by atoms with Gasteiger partial charge < -0.3 is 19.6 Å². The van der Waals surface area contributed by atoms with Crippen molar-refractivity contribution in [1.82, 2.24) is 9.80 Å². The molecule has 1 aliphatic heterocycles. The van der Waals surface area contributed by atoms with E-state index in [4.69, 9.17) is 4.74 Å². The predicted molar refractivity (Wildman–Crippen MR) is 91.4 cm³/mol. The van der Waals surface area contributed by atoms with Crippen molar-refractivity contribution in [3.8, 4) is 0 Å². The van der Waals surface area contributed by atoms with E-state index in [1.807, 2.05) is 18.9 Å². The second-order valence-electron chi connectivity index (χ2n) is 7.35. The molecule has 2 fully saturated rings. The van der Waals surface area contributed by atoms with Crippen molar-refractivity contribution in [3.05, 3.63) is 0 Å². The van der Waals surface area contributed by atoms with E-state index in [9.17, 15) is 14.7 Å². The lowest BCUT2D eigenvalue weighted by Crippen LogP contribution is -2.47. The van der Waals surface area contributed by atoms with E-state index >= 15 is 0 Å². The largest absolute Gasteiger partial charge is 0.396 e. The first kappa shape index (κ1) is 19.2. The zero-order valence-corrected chi connectivity index (χ0v) is 15.1. The average molecular weight is 340 g/mol. The van der Waals surface area contributed by atoms with E-state index in [1.54, 1.807) is 4.90 Å². The highest BCUT2D eigenvalue weighted by molar-refractivity contribution is 5.80. The Balaban J connectivity index is 1.80. The summed E-state index contributed by atoms with van der Waals surface area (Å²) in [5.41, 5.74) is -0.0986. The fourth-order valence-corrected chi connectivity index (χ4v) is 4.04. The van der Waals surface area contributed by atoms with Crippen LogP contribution in [0, 0.1) is 11.3 Å². The lowest BCUT2D eigenvalue weighted by Gasteiger charge is -2.36. The van der Waals surface area contributed by atoms with Crippen LogP contribution >= 0.6 is 0 Å². The van der Waals surface area contributed by atoms with Gasteiger partial charge in [0.1, 0.15) is 6.61 Å². The van der Waals surface area contributed by atoms with E-state index in [-0.39, 0.29) is 36.4 Å². The molecule has 1 saturated carbocycles.